The maximum absolute atomic E-state index is 12.8. The molecule has 8 heterocycles. The van der Waals surface area contributed by atoms with E-state index in [-0.39, 0.29) is 157 Å². The van der Waals surface area contributed by atoms with Crippen molar-refractivity contribution in [2.24, 2.45) is 23.5 Å². The first kappa shape index (κ1) is 101. The standard InChI is InChI=1S/C30H30F3N7O5.C22H28F3N7O3.C22H27F3N6O4.C4H8O.C3H6Cl2O.2CH4/c31-30(32,33)45-25-8-4-1-5-19(25)14-35-29-36-15-24(40(43)44)26(37-29)34-13-18-9-11-20(12-10-18)38-16-21(17-38)39-27(41)22-6-2-3-7-23(22)28(39)42;23-22(24,25)35-19-4-2-1-3-15(19)10-28-21-29-11-18(32(33)34)20(30-21)27-9-14-5-7-17(8-6-14)31-12-16(26)13-31;23-22(24,25)35-19-4-2-1-3-15(19)10-27-21-28-11-18(31(33)34)20(29-21)26-9-14-5-7-16(8-6-14)30-12-17(32)13-30;1-2-4-5-3-1;1-2-6-3(4)5;;/h1-8,15,18,20-21H,9-14,16-17H2,(H2,34,35,36,37);1-4,11,14,16-17H,5-10,12-13,26H2,(H2,27,28,29,30);1-4,11,14,16-17,32H,5-10,12-13H2,(H2,26,27,28,29);1-4H2;3H,2H2,1H3;2*1H4. The number of likely N-dealkylation sites (tertiary alicyclic amines) is 3. The van der Waals surface area contributed by atoms with Crippen LogP contribution in [0.4, 0.5) is 91.9 Å². The molecule has 0 bridgehead atoms. The van der Waals surface area contributed by atoms with Gasteiger partial charge in [0.05, 0.1) is 38.0 Å². The zero-order valence-corrected chi connectivity index (χ0v) is 70.1. The number of nitrogens with two attached hydrogens (primary N) is 1. The average Bonchev–Trinajstić information content (AvgIpc) is 1.59. The number of nitro groups is 3. The molecule has 0 radical (unpaired) electrons. The van der Waals surface area contributed by atoms with E-state index in [0.29, 0.717) is 80.4 Å². The quantitative estimate of drug-likeness (QED) is 0.00681. The summed E-state index contributed by atoms with van der Waals surface area (Å²) < 4.78 is 136. The van der Waals surface area contributed by atoms with Gasteiger partial charge in [0.15, 0.2) is 0 Å². The van der Waals surface area contributed by atoms with Crippen LogP contribution < -0.4 is 51.8 Å². The molecule has 128 heavy (non-hydrogen) atoms. The molecule has 4 saturated heterocycles. The van der Waals surface area contributed by atoms with Crippen molar-refractivity contribution in [3.63, 3.8) is 0 Å². The number of carbonyl (C=O) groups excluding carboxylic acids is 2. The maximum atomic E-state index is 12.8. The summed E-state index contributed by atoms with van der Waals surface area (Å²) in [5.41, 5.74) is 6.62. The number of ether oxygens (including phenoxy) is 5. The van der Waals surface area contributed by atoms with Gasteiger partial charge in [-0.2, -0.15) is 15.0 Å². The van der Waals surface area contributed by atoms with Gasteiger partial charge in [0.25, 0.3) is 11.8 Å². The molecular weight excluding hydrogens is 1740 g/mol. The fourth-order valence-electron chi connectivity index (χ4n) is 15.9. The van der Waals surface area contributed by atoms with Gasteiger partial charge in [-0.1, -0.05) is 105 Å². The molecule has 34 nitrogen and oxygen atoms in total. The molecule has 7 fully saturated rings. The Morgan fingerprint density at radius 1 is 0.477 bits per heavy atom. The second-order valence-corrected chi connectivity index (χ2v) is 32.3. The van der Waals surface area contributed by atoms with Crippen LogP contribution in [0.3, 0.4) is 0 Å². The van der Waals surface area contributed by atoms with Crippen LogP contribution in [0.1, 0.15) is 149 Å². The number of carbonyl (C=O) groups is 2. The van der Waals surface area contributed by atoms with Gasteiger partial charge in [-0.3, -0.25) is 59.5 Å². The van der Waals surface area contributed by atoms with Crippen LogP contribution >= 0.6 is 23.2 Å². The molecule has 3 aromatic heterocycles. The van der Waals surface area contributed by atoms with Crippen LogP contribution in [0.2, 0.25) is 0 Å². The Hall–Kier alpha value is -10.7. The van der Waals surface area contributed by atoms with Gasteiger partial charge in [-0.25, -0.2) is 15.0 Å². The average molecular weight is 1850 g/mol. The first-order chi connectivity index (χ1) is 60.2. The highest BCUT2D eigenvalue weighted by Crippen LogP contribution is 2.39. The molecule has 5 aliphatic heterocycles. The second kappa shape index (κ2) is 47.6. The Morgan fingerprint density at radius 3 is 1.05 bits per heavy atom. The number of rotatable bonds is 30. The minimum Gasteiger partial charge on any atom is -0.405 e. The number of hydrogen-bond acceptors (Lipinski definition) is 30. The minimum atomic E-state index is -4.85. The molecule has 7 aromatic rings. The predicted molar refractivity (Wildman–Crippen MR) is 460 cm³/mol. The molecular formula is C83H107Cl2F9N20O14. The number of nitrogens with zero attached hydrogens (tertiary/aromatic N) is 13. The molecule has 0 unspecified atom stereocenters. The van der Waals surface area contributed by atoms with E-state index in [9.17, 15) is 84.6 Å². The van der Waals surface area contributed by atoms with Crippen LogP contribution in [0.5, 0.6) is 17.2 Å². The van der Waals surface area contributed by atoms with Crippen molar-refractivity contribution in [1.29, 1.82) is 0 Å². The summed E-state index contributed by atoms with van der Waals surface area (Å²) >= 11 is 10.2. The van der Waals surface area contributed by atoms with Gasteiger partial charge < -0.3 is 66.4 Å². The van der Waals surface area contributed by atoms with E-state index in [4.69, 9.17) is 33.7 Å². The van der Waals surface area contributed by atoms with Crippen molar-refractivity contribution in [2.75, 3.05) is 111 Å². The number of β-amino-alcohol motifs (C(OH)–C–C–N with tert-alkyl or cyclic N) is 1. The Labute approximate surface area is 743 Å². The number of amides is 2. The molecule has 0 spiro atoms. The van der Waals surface area contributed by atoms with Gasteiger partial charge in [-0.05, 0) is 145 Å². The Balaban J connectivity index is 0.000000204. The fourth-order valence-corrected chi connectivity index (χ4v) is 16.2. The predicted octanol–water partition coefficient (Wildman–Crippen LogP) is 15.8. The van der Waals surface area contributed by atoms with Crippen LogP contribution in [-0.4, -0.2) is 220 Å². The molecule has 8 aliphatic rings. The highest BCUT2D eigenvalue weighted by Gasteiger charge is 2.47. The lowest BCUT2D eigenvalue weighted by atomic mass is 9.83. The maximum Gasteiger partial charge on any atom is 0.573 e. The number of alkyl halides is 11. The van der Waals surface area contributed by atoms with Gasteiger partial charge in [-0.15, -0.1) is 39.5 Å². The number of fused-ring (bicyclic) bond motifs is 1. The third kappa shape index (κ3) is 30.2. The topological polar surface area (TPSA) is 418 Å². The molecule has 3 saturated carbocycles. The van der Waals surface area contributed by atoms with E-state index in [0.717, 1.165) is 135 Å². The second-order valence-electron chi connectivity index (χ2n) is 31.2. The first-order valence-corrected chi connectivity index (χ1v) is 42.2. The van der Waals surface area contributed by atoms with E-state index >= 15 is 0 Å². The summed E-state index contributed by atoms with van der Waals surface area (Å²) in [5, 5.41) is 61.0. The number of hydrogen-bond donors (Lipinski definition) is 8. The van der Waals surface area contributed by atoms with Gasteiger partial charge >= 0.3 is 36.1 Å². The summed E-state index contributed by atoms with van der Waals surface area (Å²) in [6.07, 6.45) is 2.73. The molecule has 2 amide bonds. The van der Waals surface area contributed by atoms with E-state index in [1.165, 1.54) is 72.3 Å². The number of aromatic nitrogens is 6. The zero-order chi connectivity index (χ0) is 90.2. The first-order valence-electron chi connectivity index (χ1n) is 41.3. The molecule has 9 N–H and O–H groups in total. The summed E-state index contributed by atoms with van der Waals surface area (Å²) in [4.78, 5) is 91.2. The normalized spacial score (nSPS) is 20.2. The highest BCUT2D eigenvalue weighted by atomic mass is 35.5. The van der Waals surface area contributed by atoms with Crippen LogP contribution in [-0.2, 0) is 29.1 Å². The van der Waals surface area contributed by atoms with Crippen molar-refractivity contribution >= 4 is 87.4 Å². The molecule has 0 atom stereocenters. The highest BCUT2D eigenvalue weighted by molar-refractivity contribution is 6.43. The summed E-state index contributed by atoms with van der Waals surface area (Å²) in [6, 6.07) is 25.4. The van der Waals surface area contributed by atoms with Crippen molar-refractivity contribution < 1.29 is 92.7 Å². The van der Waals surface area contributed by atoms with Crippen molar-refractivity contribution in [2.45, 2.75) is 192 Å². The number of imide groups is 1. The summed E-state index contributed by atoms with van der Waals surface area (Å²) in [7, 11) is 0. The number of halogens is 11. The van der Waals surface area contributed by atoms with Gasteiger partial charge in [0.2, 0.25) is 40.3 Å². The summed E-state index contributed by atoms with van der Waals surface area (Å²) in [5.74, 6) is -0.336. The number of aliphatic hydroxyl groups excluding tert-OH is 1. The lowest BCUT2D eigenvalue weighted by Crippen LogP contribution is -2.63. The third-order valence-electron chi connectivity index (χ3n) is 22.5. The van der Waals surface area contributed by atoms with Gasteiger partial charge in [0, 0.05) is 139 Å². The molecule has 700 valence electrons. The number of anilines is 6. The van der Waals surface area contributed by atoms with Gasteiger partial charge in [0.1, 0.15) is 35.8 Å². The largest absolute Gasteiger partial charge is 0.573 e. The Bertz CT molecular complexity index is 4540. The van der Waals surface area contributed by atoms with E-state index in [2.05, 4.69) is 95.5 Å². The van der Waals surface area contributed by atoms with Crippen molar-refractivity contribution in [3.05, 3.63) is 174 Å². The fraction of sp³-hybridized carbons (Fsp3) is 0.542. The molecule has 3 aliphatic carbocycles. The van der Waals surface area contributed by atoms with Crippen LogP contribution in [0.15, 0.2) is 116 Å². The van der Waals surface area contributed by atoms with E-state index in [1.807, 2.05) is 6.92 Å². The zero-order valence-electron chi connectivity index (χ0n) is 68.6. The lowest BCUT2D eigenvalue weighted by molar-refractivity contribution is -0.384. The smallest absolute Gasteiger partial charge is 0.405 e. The minimum absolute atomic E-state index is 0. The Kier molecular flexibility index (Phi) is 37.6. The van der Waals surface area contributed by atoms with E-state index < -0.39 is 38.9 Å². The number of nitrogens with one attached hydrogen (secondary N) is 6. The SMILES string of the molecule is C.C.C1CCOC1.CCOC(Cl)Cl.NC1CN(C2CCC(CNc3nc(NCc4ccccc4OC(F)(F)F)ncc3[N+](=O)[O-])CC2)C1.O=C1c2ccccc2C(=O)N1C1CN(C2CCC(CNc3nc(NCc4ccccc4OC(F)(F)F)ncc3[N+](=O)[O-])CC2)C1.O=[N+]([O-])c1cnc(NCc2ccccc2OC(F)(F)F)nc1NCC1CCC(N2CC(O)C2)CC1. The monoisotopic (exact) mass is 1850 g/mol. The summed E-state index contributed by atoms with van der Waals surface area (Å²) in [6.45, 7) is 10.3. The van der Waals surface area contributed by atoms with Crippen LogP contribution in [0, 0.1) is 48.1 Å². The molecule has 15 rings (SSSR count). The lowest BCUT2D eigenvalue weighted by Gasteiger charge is -2.48. The molecule has 45 heteroatoms. The number of para-hydroxylation sites is 3. The third-order valence-corrected chi connectivity index (χ3v) is 22.8. The van der Waals surface area contributed by atoms with E-state index in [1.54, 1.807) is 42.5 Å². The van der Waals surface area contributed by atoms with Crippen molar-refractivity contribution in [3.8, 4) is 17.2 Å². The number of aliphatic hydroxyl groups is 1. The Morgan fingerprint density at radius 2 is 0.781 bits per heavy atom. The van der Waals surface area contributed by atoms with Crippen LogP contribution in [0.25, 0.3) is 0 Å². The molecule has 4 aromatic carbocycles. The van der Waals surface area contributed by atoms with Crippen molar-refractivity contribution in [1.82, 2.24) is 49.5 Å². The number of benzene rings is 4.